The van der Waals surface area contributed by atoms with Crippen LogP contribution in [0.2, 0.25) is 0 Å². The van der Waals surface area contributed by atoms with E-state index in [-0.39, 0.29) is 17.6 Å². The fourth-order valence-corrected chi connectivity index (χ4v) is 5.63. The van der Waals surface area contributed by atoms with Crippen molar-refractivity contribution >= 4 is 58.5 Å². The molecule has 1 aliphatic heterocycles. The van der Waals surface area contributed by atoms with Gasteiger partial charge < -0.3 is 5.32 Å². The van der Waals surface area contributed by atoms with E-state index in [0.717, 1.165) is 31.6 Å². The third kappa shape index (κ3) is 5.50. The fraction of sp³-hybridized carbons (Fsp3) is 0.0345. The van der Waals surface area contributed by atoms with E-state index in [2.05, 4.69) is 5.32 Å². The lowest BCUT2D eigenvalue weighted by atomic mass is 10.2. The van der Waals surface area contributed by atoms with Gasteiger partial charge >= 0.3 is 0 Å². The molecule has 0 saturated heterocycles. The number of hydrogen-bond acceptors (Lipinski definition) is 4. The number of amides is 2. The van der Waals surface area contributed by atoms with Crippen LogP contribution < -0.4 is 10.2 Å². The predicted molar refractivity (Wildman–Crippen MR) is 145 cm³/mol. The third-order valence-electron chi connectivity index (χ3n) is 5.37. The number of rotatable bonds is 6. The lowest BCUT2D eigenvalue weighted by Gasteiger charge is -2.31. The van der Waals surface area contributed by atoms with E-state index in [1.165, 1.54) is 17.8 Å². The second-order valence-corrected chi connectivity index (χ2v) is 9.95. The Morgan fingerprint density at radius 2 is 1.46 bits per heavy atom. The van der Waals surface area contributed by atoms with Crippen LogP contribution in [0.4, 0.5) is 17.1 Å². The Morgan fingerprint density at radius 1 is 0.800 bits per heavy atom. The lowest BCUT2D eigenvalue weighted by molar-refractivity contribution is -0.115. The van der Waals surface area contributed by atoms with Crippen LogP contribution in [0.3, 0.4) is 0 Å². The summed E-state index contributed by atoms with van der Waals surface area (Å²) < 4.78 is 0. The van der Waals surface area contributed by atoms with Crippen molar-refractivity contribution in [2.75, 3.05) is 16.0 Å². The minimum atomic E-state index is -0.203. The predicted octanol–water partition coefficient (Wildman–Crippen LogP) is 7.26. The minimum absolute atomic E-state index is 0.00966. The number of para-hydroxylation sites is 2. The van der Waals surface area contributed by atoms with E-state index in [1.54, 1.807) is 17.8 Å². The summed E-state index contributed by atoms with van der Waals surface area (Å²) in [6.07, 6.45) is 3.29. The Labute approximate surface area is 213 Å². The first-order valence-electron chi connectivity index (χ1n) is 11.1. The summed E-state index contributed by atoms with van der Waals surface area (Å²) in [5.74, 6) is 0.0834. The molecule has 0 fully saturated rings. The first-order chi connectivity index (χ1) is 17.2. The number of carbonyl (C=O) groups excluding carboxylic acids is 2. The maximum atomic E-state index is 13.4. The van der Waals surface area contributed by atoms with Crippen molar-refractivity contribution < 1.29 is 9.59 Å². The summed E-state index contributed by atoms with van der Waals surface area (Å²) in [4.78, 5) is 30.6. The van der Waals surface area contributed by atoms with E-state index in [1.807, 2.05) is 108 Å². The van der Waals surface area contributed by atoms with Gasteiger partial charge in [-0.3, -0.25) is 14.5 Å². The lowest BCUT2D eigenvalue weighted by Crippen LogP contribution is -2.29. The van der Waals surface area contributed by atoms with Gasteiger partial charge in [0.15, 0.2) is 0 Å². The Balaban J connectivity index is 1.26. The Morgan fingerprint density at radius 3 is 2.17 bits per heavy atom. The summed E-state index contributed by atoms with van der Waals surface area (Å²) in [6, 6.07) is 33.2. The first-order valence-corrected chi connectivity index (χ1v) is 12.9. The number of thioether (sulfide) groups is 1. The van der Waals surface area contributed by atoms with Crippen LogP contribution in [-0.4, -0.2) is 17.6 Å². The number of anilines is 3. The molecule has 0 aliphatic carbocycles. The van der Waals surface area contributed by atoms with Gasteiger partial charge in [0.1, 0.15) is 0 Å². The van der Waals surface area contributed by atoms with Crippen LogP contribution in [0.1, 0.15) is 5.56 Å². The maximum Gasteiger partial charge on any atom is 0.248 e. The van der Waals surface area contributed by atoms with Crippen LogP contribution in [0.25, 0.3) is 6.08 Å². The zero-order valence-corrected chi connectivity index (χ0v) is 20.4. The van der Waals surface area contributed by atoms with Crippen molar-refractivity contribution in [3.8, 4) is 0 Å². The Kier molecular flexibility index (Phi) is 7.02. The molecular formula is C29H22N2O2S2. The molecule has 35 heavy (non-hydrogen) atoms. The fourth-order valence-electron chi connectivity index (χ4n) is 3.77. The van der Waals surface area contributed by atoms with Crippen LogP contribution in [0.5, 0.6) is 0 Å². The molecule has 4 nitrogen and oxygen atoms in total. The molecule has 1 heterocycles. The van der Waals surface area contributed by atoms with Crippen LogP contribution in [0, 0.1) is 0 Å². The molecule has 2 amide bonds. The van der Waals surface area contributed by atoms with Gasteiger partial charge in [-0.15, -0.1) is 11.8 Å². The molecule has 172 valence electrons. The van der Waals surface area contributed by atoms with Crippen molar-refractivity contribution in [3.63, 3.8) is 0 Å². The highest BCUT2D eigenvalue weighted by Gasteiger charge is 2.27. The number of carbonyl (C=O) groups is 2. The number of nitrogens with one attached hydrogen (secondary N) is 1. The van der Waals surface area contributed by atoms with Gasteiger partial charge in [0.05, 0.1) is 17.1 Å². The van der Waals surface area contributed by atoms with Crippen molar-refractivity contribution in [2.45, 2.75) is 14.7 Å². The quantitative estimate of drug-likeness (QED) is 0.226. The number of fused-ring (bicyclic) bond motifs is 2. The standard InChI is InChI=1S/C29H22N2O2S2/c32-28(18-17-21-9-2-1-3-10-21)30-22-11-8-12-23(19-22)34-20-29(33)31-24-13-4-6-15-26(24)35-27-16-7-5-14-25(27)31/h1-19H,20H2,(H,30,32)/b18-17+. The SMILES string of the molecule is O=C(/C=C/c1ccccc1)Nc1cccc(SCC(=O)N2c3ccccc3Sc3ccccc32)c1. The summed E-state index contributed by atoms with van der Waals surface area (Å²) >= 11 is 3.14. The van der Waals surface area contributed by atoms with Gasteiger partial charge in [0.2, 0.25) is 11.8 Å². The van der Waals surface area contributed by atoms with Crippen molar-refractivity contribution in [1.29, 1.82) is 0 Å². The highest BCUT2D eigenvalue weighted by Crippen LogP contribution is 2.48. The van der Waals surface area contributed by atoms with Gasteiger partial charge in [0, 0.05) is 26.4 Å². The zero-order valence-electron chi connectivity index (χ0n) is 18.8. The average molecular weight is 495 g/mol. The Bertz CT molecular complexity index is 1360. The molecule has 0 spiro atoms. The van der Waals surface area contributed by atoms with E-state index in [0.29, 0.717) is 5.69 Å². The largest absolute Gasteiger partial charge is 0.322 e. The molecule has 4 aromatic carbocycles. The van der Waals surface area contributed by atoms with Gasteiger partial charge in [-0.1, -0.05) is 72.4 Å². The molecule has 0 atom stereocenters. The first kappa shape index (κ1) is 23.0. The highest BCUT2D eigenvalue weighted by atomic mass is 32.2. The summed E-state index contributed by atoms with van der Waals surface area (Å²) in [7, 11) is 0. The Hall–Kier alpha value is -3.74. The molecular weight excluding hydrogens is 472 g/mol. The highest BCUT2D eigenvalue weighted by molar-refractivity contribution is 8.00. The maximum absolute atomic E-state index is 13.4. The molecule has 0 aromatic heterocycles. The van der Waals surface area contributed by atoms with E-state index in [9.17, 15) is 9.59 Å². The zero-order chi connectivity index (χ0) is 24.0. The molecule has 6 heteroatoms. The second kappa shape index (κ2) is 10.7. The van der Waals surface area contributed by atoms with E-state index in [4.69, 9.17) is 0 Å². The molecule has 0 bridgehead atoms. The molecule has 0 radical (unpaired) electrons. The molecule has 0 unspecified atom stereocenters. The van der Waals surface area contributed by atoms with Crippen LogP contribution >= 0.6 is 23.5 Å². The minimum Gasteiger partial charge on any atom is -0.322 e. The van der Waals surface area contributed by atoms with Gasteiger partial charge in [-0.2, -0.15) is 0 Å². The second-order valence-electron chi connectivity index (χ2n) is 7.82. The van der Waals surface area contributed by atoms with Gasteiger partial charge in [-0.25, -0.2) is 0 Å². The molecule has 1 N–H and O–H groups in total. The van der Waals surface area contributed by atoms with Crippen LogP contribution in [-0.2, 0) is 9.59 Å². The molecule has 0 saturated carbocycles. The summed E-state index contributed by atoms with van der Waals surface area (Å²) in [5.41, 5.74) is 3.47. The van der Waals surface area contributed by atoms with Crippen LogP contribution in [0.15, 0.2) is 124 Å². The van der Waals surface area contributed by atoms with Crippen molar-refractivity contribution in [3.05, 3.63) is 115 Å². The third-order valence-corrected chi connectivity index (χ3v) is 7.48. The van der Waals surface area contributed by atoms with Gasteiger partial charge in [-0.05, 0) is 54.1 Å². The average Bonchev–Trinajstić information content (AvgIpc) is 2.90. The van der Waals surface area contributed by atoms with Gasteiger partial charge in [0.25, 0.3) is 0 Å². The van der Waals surface area contributed by atoms with Crippen molar-refractivity contribution in [2.24, 2.45) is 0 Å². The molecule has 1 aliphatic rings. The smallest absolute Gasteiger partial charge is 0.248 e. The number of benzene rings is 4. The molecule has 5 rings (SSSR count). The summed E-state index contributed by atoms with van der Waals surface area (Å²) in [6.45, 7) is 0. The van der Waals surface area contributed by atoms with E-state index < -0.39 is 0 Å². The topological polar surface area (TPSA) is 49.4 Å². The normalized spacial score (nSPS) is 12.2. The molecule has 4 aromatic rings. The number of hydrogen-bond donors (Lipinski definition) is 1. The van der Waals surface area contributed by atoms with E-state index >= 15 is 0 Å². The summed E-state index contributed by atoms with van der Waals surface area (Å²) in [5, 5.41) is 2.89. The number of nitrogens with zero attached hydrogens (tertiary/aromatic N) is 1. The monoisotopic (exact) mass is 494 g/mol. The van der Waals surface area contributed by atoms with Crippen molar-refractivity contribution in [1.82, 2.24) is 0 Å².